The molecule has 1 heterocycles. The molecule has 2 aromatic rings. The molecule has 0 saturated heterocycles. The third-order valence-corrected chi connectivity index (χ3v) is 3.39. The zero-order chi connectivity index (χ0) is 17.1. The summed E-state index contributed by atoms with van der Waals surface area (Å²) in [6.45, 7) is 0.438. The van der Waals surface area contributed by atoms with Crippen LogP contribution in [0.2, 0.25) is 0 Å². The number of carbonyl (C=O) groups excluding carboxylic acids is 1. The molecule has 0 spiro atoms. The van der Waals surface area contributed by atoms with E-state index in [-0.39, 0.29) is 5.82 Å². The second-order valence-corrected chi connectivity index (χ2v) is 5.19. The second kappa shape index (κ2) is 7.01. The van der Waals surface area contributed by atoms with Crippen LogP contribution in [0.3, 0.4) is 0 Å². The molecule has 6 N–H and O–H groups in total. The standard InChI is InChI=1S/C14H18FN3O5/c1-6(20)16-11(13(23)12(22)10(21)5-19)14-17-8-3-2-7(15)4-9(8)18-14/h2-4,10-13,19,21-23H,5H2,1H3,(H,16,20)(H,17,18)/t10?,11?,12-,13?/m0/s1. The van der Waals surface area contributed by atoms with Crippen LogP contribution in [0.4, 0.5) is 4.39 Å². The number of imidazole rings is 1. The maximum absolute atomic E-state index is 13.2. The van der Waals surface area contributed by atoms with Gasteiger partial charge in [-0.1, -0.05) is 0 Å². The lowest BCUT2D eigenvalue weighted by atomic mass is 10.0. The molecule has 1 amide bonds. The van der Waals surface area contributed by atoms with Crippen molar-refractivity contribution in [3.63, 3.8) is 0 Å². The van der Waals surface area contributed by atoms with Gasteiger partial charge < -0.3 is 30.7 Å². The average molecular weight is 327 g/mol. The number of hydrogen-bond donors (Lipinski definition) is 6. The first-order valence-corrected chi connectivity index (χ1v) is 6.90. The summed E-state index contributed by atoms with van der Waals surface area (Å²) in [7, 11) is 0. The number of rotatable bonds is 6. The number of aromatic amines is 1. The molecule has 0 aliphatic carbocycles. The van der Waals surface area contributed by atoms with Crippen molar-refractivity contribution < 1.29 is 29.6 Å². The molecule has 2 rings (SSSR count). The Kier molecular flexibility index (Phi) is 5.26. The Morgan fingerprint density at radius 1 is 1.35 bits per heavy atom. The highest BCUT2D eigenvalue weighted by Crippen LogP contribution is 2.22. The Balaban J connectivity index is 2.37. The van der Waals surface area contributed by atoms with Gasteiger partial charge in [-0.05, 0) is 18.2 Å². The summed E-state index contributed by atoms with van der Waals surface area (Å²) >= 11 is 0. The number of nitrogens with zero attached hydrogens (tertiary/aromatic N) is 1. The van der Waals surface area contributed by atoms with Gasteiger partial charge >= 0.3 is 0 Å². The minimum atomic E-state index is -1.72. The number of H-pyrrole nitrogens is 1. The number of amides is 1. The lowest BCUT2D eigenvalue weighted by Gasteiger charge is -2.28. The van der Waals surface area contributed by atoms with E-state index in [2.05, 4.69) is 15.3 Å². The van der Waals surface area contributed by atoms with Gasteiger partial charge in [0, 0.05) is 6.92 Å². The van der Waals surface area contributed by atoms with Gasteiger partial charge in [0.15, 0.2) is 0 Å². The second-order valence-electron chi connectivity index (χ2n) is 5.19. The van der Waals surface area contributed by atoms with Gasteiger partial charge in [0.05, 0.1) is 17.6 Å². The predicted molar refractivity (Wildman–Crippen MR) is 77.7 cm³/mol. The van der Waals surface area contributed by atoms with E-state index in [1.165, 1.54) is 25.1 Å². The first-order valence-electron chi connectivity index (χ1n) is 6.90. The highest BCUT2D eigenvalue weighted by Gasteiger charge is 2.34. The summed E-state index contributed by atoms with van der Waals surface area (Å²) in [5.41, 5.74) is 0.751. The predicted octanol–water partition coefficient (Wildman–Crippen LogP) is -1.05. The SMILES string of the molecule is CC(=O)NC(c1nc2ccc(F)cc2[nH]1)C(O)[C@@H](O)C(O)CO. The Hall–Kier alpha value is -2.07. The monoisotopic (exact) mass is 327 g/mol. The van der Waals surface area contributed by atoms with Gasteiger partial charge in [-0.3, -0.25) is 4.79 Å². The number of aromatic nitrogens is 2. The van der Waals surface area contributed by atoms with E-state index in [1.54, 1.807) is 0 Å². The zero-order valence-corrected chi connectivity index (χ0v) is 12.3. The van der Waals surface area contributed by atoms with Crippen LogP contribution >= 0.6 is 0 Å². The number of aliphatic hydroxyl groups is 4. The van der Waals surface area contributed by atoms with E-state index in [0.29, 0.717) is 11.0 Å². The zero-order valence-electron chi connectivity index (χ0n) is 12.3. The number of nitrogens with one attached hydrogen (secondary N) is 2. The third kappa shape index (κ3) is 3.82. The van der Waals surface area contributed by atoms with Gasteiger partial charge in [0.2, 0.25) is 5.91 Å². The topological polar surface area (TPSA) is 139 Å². The number of aliphatic hydroxyl groups excluding tert-OH is 4. The van der Waals surface area contributed by atoms with E-state index in [4.69, 9.17) is 5.11 Å². The first-order chi connectivity index (χ1) is 10.8. The molecule has 0 fully saturated rings. The van der Waals surface area contributed by atoms with E-state index < -0.39 is 42.7 Å². The van der Waals surface area contributed by atoms with Crippen LogP contribution in [0.25, 0.3) is 11.0 Å². The molecule has 0 radical (unpaired) electrons. The van der Waals surface area contributed by atoms with E-state index in [0.717, 1.165) is 0 Å². The van der Waals surface area contributed by atoms with Crippen molar-refractivity contribution in [1.82, 2.24) is 15.3 Å². The molecule has 126 valence electrons. The van der Waals surface area contributed by atoms with Crippen molar-refractivity contribution in [3.8, 4) is 0 Å². The summed E-state index contributed by atoms with van der Waals surface area (Å²) in [5.74, 6) is -0.913. The summed E-state index contributed by atoms with van der Waals surface area (Å²) in [4.78, 5) is 18.2. The first kappa shape index (κ1) is 17.3. The summed E-state index contributed by atoms with van der Waals surface area (Å²) in [6.07, 6.45) is -4.96. The van der Waals surface area contributed by atoms with Crippen LogP contribution in [0.1, 0.15) is 18.8 Å². The summed E-state index contributed by atoms with van der Waals surface area (Å²) in [5, 5.41) is 40.7. The lowest BCUT2D eigenvalue weighted by Crippen LogP contribution is -2.47. The summed E-state index contributed by atoms with van der Waals surface area (Å²) < 4.78 is 13.2. The van der Waals surface area contributed by atoms with E-state index >= 15 is 0 Å². The molecule has 0 aliphatic rings. The minimum Gasteiger partial charge on any atom is -0.394 e. The molecule has 0 saturated carbocycles. The smallest absolute Gasteiger partial charge is 0.217 e. The maximum atomic E-state index is 13.2. The molecular weight excluding hydrogens is 309 g/mol. The van der Waals surface area contributed by atoms with Crippen molar-refractivity contribution in [2.24, 2.45) is 0 Å². The Bertz CT molecular complexity index is 692. The van der Waals surface area contributed by atoms with Crippen molar-refractivity contribution >= 4 is 16.9 Å². The molecule has 8 nitrogen and oxygen atoms in total. The van der Waals surface area contributed by atoms with E-state index in [1.807, 2.05) is 0 Å². The van der Waals surface area contributed by atoms with Crippen LogP contribution in [0.15, 0.2) is 18.2 Å². The average Bonchev–Trinajstić information content (AvgIpc) is 2.92. The number of benzene rings is 1. The molecule has 9 heteroatoms. The van der Waals surface area contributed by atoms with Gasteiger partial charge in [-0.25, -0.2) is 9.37 Å². The third-order valence-electron chi connectivity index (χ3n) is 3.39. The minimum absolute atomic E-state index is 0.0810. The Morgan fingerprint density at radius 2 is 2.04 bits per heavy atom. The van der Waals surface area contributed by atoms with E-state index in [9.17, 15) is 24.5 Å². The lowest BCUT2D eigenvalue weighted by molar-refractivity contribution is -0.123. The van der Waals surface area contributed by atoms with Crippen molar-refractivity contribution in [2.45, 2.75) is 31.3 Å². The normalized spacial score (nSPS) is 16.8. The number of carbonyl (C=O) groups is 1. The Labute approximate surface area is 130 Å². The number of fused-ring (bicyclic) bond motifs is 1. The molecular formula is C14H18FN3O5. The molecule has 1 aromatic carbocycles. The van der Waals surface area contributed by atoms with Gasteiger partial charge in [-0.15, -0.1) is 0 Å². The largest absolute Gasteiger partial charge is 0.394 e. The van der Waals surface area contributed by atoms with Gasteiger partial charge in [0.1, 0.15) is 36.0 Å². The van der Waals surface area contributed by atoms with Crippen LogP contribution in [0, 0.1) is 5.82 Å². The quantitative estimate of drug-likeness (QED) is 0.400. The highest BCUT2D eigenvalue weighted by atomic mass is 19.1. The maximum Gasteiger partial charge on any atom is 0.217 e. The molecule has 23 heavy (non-hydrogen) atoms. The molecule has 4 atom stereocenters. The van der Waals surface area contributed by atoms with Crippen molar-refractivity contribution in [1.29, 1.82) is 0 Å². The fourth-order valence-electron chi connectivity index (χ4n) is 2.22. The van der Waals surface area contributed by atoms with Crippen molar-refractivity contribution in [3.05, 3.63) is 29.8 Å². The number of hydrogen-bond acceptors (Lipinski definition) is 6. The Morgan fingerprint density at radius 3 is 2.65 bits per heavy atom. The fraction of sp³-hybridized carbons (Fsp3) is 0.429. The molecule has 1 aromatic heterocycles. The molecule has 0 aliphatic heterocycles. The van der Waals surface area contributed by atoms with Crippen LogP contribution in [-0.4, -0.2) is 61.2 Å². The van der Waals surface area contributed by atoms with Crippen LogP contribution < -0.4 is 5.32 Å². The number of halogens is 1. The van der Waals surface area contributed by atoms with Crippen molar-refractivity contribution in [2.75, 3.05) is 6.61 Å². The molecule has 0 bridgehead atoms. The van der Waals surface area contributed by atoms with Crippen LogP contribution in [-0.2, 0) is 4.79 Å². The fourth-order valence-corrected chi connectivity index (χ4v) is 2.22. The van der Waals surface area contributed by atoms with Gasteiger partial charge in [0.25, 0.3) is 0 Å². The highest BCUT2D eigenvalue weighted by molar-refractivity contribution is 5.76. The molecule has 3 unspecified atom stereocenters. The van der Waals surface area contributed by atoms with Gasteiger partial charge in [-0.2, -0.15) is 0 Å². The van der Waals surface area contributed by atoms with Crippen LogP contribution in [0.5, 0.6) is 0 Å². The summed E-state index contributed by atoms with van der Waals surface area (Å²) in [6, 6.07) is 2.64.